The highest BCUT2D eigenvalue weighted by atomic mass is 32.2. The molecule has 1 saturated heterocycles. The van der Waals surface area contributed by atoms with Crippen LogP contribution < -0.4 is 4.90 Å². The first kappa shape index (κ1) is 14.1. The molecule has 0 saturated carbocycles. The van der Waals surface area contributed by atoms with Crippen molar-refractivity contribution in [2.45, 2.75) is 11.8 Å². The number of benzene rings is 1. The van der Waals surface area contributed by atoms with E-state index in [1.165, 1.54) is 22.3 Å². The Kier molecular flexibility index (Phi) is 3.69. The van der Waals surface area contributed by atoms with E-state index in [-0.39, 0.29) is 4.90 Å². The first-order chi connectivity index (χ1) is 10.1. The Morgan fingerprint density at radius 2 is 1.95 bits per heavy atom. The second-order valence-electron chi connectivity index (χ2n) is 5.16. The van der Waals surface area contributed by atoms with Gasteiger partial charge in [-0.3, -0.25) is 5.10 Å². The van der Waals surface area contributed by atoms with Gasteiger partial charge in [0.2, 0.25) is 10.0 Å². The van der Waals surface area contributed by atoms with Gasteiger partial charge in [-0.05, 0) is 24.6 Å². The van der Waals surface area contributed by atoms with Crippen LogP contribution in [0.3, 0.4) is 0 Å². The van der Waals surface area contributed by atoms with Crippen LogP contribution in [0.5, 0.6) is 0 Å². The standard InChI is InChI=1S/C14H18N4O2S/c1-12-3-2-4-13(9-12)17-5-7-18(8-6-17)21(19,20)14-10-15-16-11-14/h2-4,9-11H,5-8H2,1H3,(H,15,16). The monoisotopic (exact) mass is 306 g/mol. The van der Waals surface area contributed by atoms with Crippen LogP contribution in [0, 0.1) is 6.92 Å². The van der Waals surface area contributed by atoms with E-state index in [1.54, 1.807) is 0 Å². The number of nitrogens with one attached hydrogen (secondary N) is 1. The fraction of sp³-hybridized carbons (Fsp3) is 0.357. The number of aromatic nitrogens is 2. The van der Waals surface area contributed by atoms with Crippen molar-refractivity contribution < 1.29 is 8.42 Å². The lowest BCUT2D eigenvalue weighted by atomic mass is 10.2. The van der Waals surface area contributed by atoms with Crippen molar-refractivity contribution in [1.82, 2.24) is 14.5 Å². The number of nitrogens with zero attached hydrogens (tertiary/aromatic N) is 3. The Morgan fingerprint density at radius 1 is 1.19 bits per heavy atom. The number of piperazine rings is 1. The van der Waals surface area contributed by atoms with E-state index in [4.69, 9.17) is 0 Å². The van der Waals surface area contributed by atoms with Gasteiger partial charge in [-0.1, -0.05) is 12.1 Å². The molecule has 6 nitrogen and oxygen atoms in total. The predicted octanol–water partition coefficient (Wildman–Crippen LogP) is 1.23. The number of anilines is 1. The molecular formula is C14H18N4O2S. The van der Waals surface area contributed by atoms with E-state index in [0.29, 0.717) is 26.2 Å². The summed E-state index contributed by atoms with van der Waals surface area (Å²) in [5.41, 5.74) is 2.36. The normalized spacial score (nSPS) is 17.1. The molecule has 2 aromatic rings. The Balaban J connectivity index is 1.71. The number of rotatable bonds is 3. The van der Waals surface area contributed by atoms with Gasteiger partial charge in [0.25, 0.3) is 0 Å². The minimum Gasteiger partial charge on any atom is -0.369 e. The summed E-state index contributed by atoms with van der Waals surface area (Å²) in [6, 6.07) is 8.27. The molecule has 7 heteroatoms. The Morgan fingerprint density at radius 3 is 2.57 bits per heavy atom. The Labute approximate surface area is 124 Å². The first-order valence-corrected chi connectivity index (χ1v) is 8.32. The van der Waals surface area contributed by atoms with E-state index in [2.05, 4.69) is 40.2 Å². The zero-order valence-electron chi connectivity index (χ0n) is 11.9. The maximum absolute atomic E-state index is 12.4. The molecular weight excluding hydrogens is 288 g/mol. The van der Waals surface area contributed by atoms with Crippen molar-refractivity contribution in [3.8, 4) is 0 Å². The molecule has 0 radical (unpaired) electrons. The number of aryl methyl sites for hydroxylation is 1. The van der Waals surface area contributed by atoms with Crippen LogP contribution in [0.2, 0.25) is 0 Å². The molecule has 0 unspecified atom stereocenters. The Bertz CT molecular complexity index is 704. The predicted molar refractivity (Wildman–Crippen MR) is 80.7 cm³/mol. The molecule has 21 heavy (non-hydrogen) atoms. The fourth-order valence-electron chi connectivity index (χ4n) is 2.54. The molecule has 3 rings (SSSR count). The summed E-state index contributed by atoms with van der Waals surface area (Å²) in [5.74, 6) is 0. The average Bonchev–Trinajstić information content (AvgIpc) is 3.02. The molecule has 0 spiro atoms. The van der Waals surface area contributed by atoms with Crippen molar-refractivity contribution in [3.05, 3.63) is 42.2 Å². The minimum atomic E-state index is -3.42. The Hall–Kier alpha value is -1.86. The summed E-state index contributed by atoms with van der Waals surface area (Å²) in [6.07, 6.45) is 2.77. The van der Waals surface area contributed by atoms with Crippen LogP contribution in [0.1, 0.15) is 5.56 Å². The lowest BCUT2D eigenvalue weighted by Crippen LogP contribution is -2.48. The minimum absolute atomic E-state index is 0.228. The highest BCUT2D eigenvalue weighted by molar-refractivity contribution is 7.89. The van der Waals surface area contributed by atoms with Crippen LogP contribution in [-0.2, 0) is 10.0 Å². The van der Waals surface area contributed by atoms with Gasteiger partial charge in [0, 0.05) is 38.1 Å². The summed E-state index contributed by atoms with van der Waals surface area (Å²) < 4.78 is 26.3. The summed E-state index contributed by atoms with van der Waals surface area (Å²) in [5, 5.41) is 6.26. The molecule has 0 amide bonds. The van der Waals surface area contributed by atoms with Crippen molar-refractivity contribution in [2.24, 2.45) is 0 Å². The third-order valence-electron chi connectivity index (χ3n) is 3.72. The maximum atomic E-state index is 12.4. The van der Waals surface area contributed by atoms with E-state index in [0.717, 1.165) is 5.69 Å². The second-order valence-corrected chi connectivity index (χ2v) is 7.10. The van der Waals surface area contributed by atoms with Crippen molar-refractivity contribution >= 4 is 15.7 Å². The highest BCUT2D eigenvalue weighted by Gasteiger charge is 2.29. The van der Waals surface area contributed by atoms with Crippen LogP contribution in [-0.4, -0.2) is 49.1 Å². The number of H-pyrrole nitrogens is 1. The molecule has 1 N–H and O–H groups in total. The second kappa shape index (κ2) is 5.50. The molecule has 112 valence electrons. The van der Waals surface area contributed by atoms with E-state index < -0.39 is 10.0 Å². The summed E-state index contributed by atoms with van der Waals surface area (Å²) in [6.45, 7) is 4.42. The van der Waals surface area contributed by atoms with Gasteiger partial charge in [-0.15, -0.1) is 0 Å². The third kappa shape index (κ3) is 2.79. The molecule has 0 aliphatic carbocycles. The number of aromatic amines is 1. The van der Waals surface area contributed by atoms with Gasteiger partial charge >= 0.3 is 0 Å². The molecule has 1 aromatic heterocycles. The maximum Gasteiger partial charge on any atom is 0.246 e. The van der Waals surface area contributed by atoms with Crippen molar-refractivity contribution in [3.63, 3.8) is 0 Å². The van der Waals surface area contributed by atoms with E-state index in [9.17, 15) is 8.42 Å². The molecule has 2 heterocycles. The third-order valence-corrected chi connectivity index (χ3v) is 5.58. The molecule has 1 aromatic carbocycles. The van der Waals surface area contributed by atoms with E-state index in [1.807, 2.05) is 6.07 Å². The van der Waals surface area contributed by atoms with Gasteiger partial charge in [0.05, 0.1) is 6.20 Å². The van der Waals surface area contributed by atoms with Gasteiger partial charge in [0.15, 0.2) is 0 Å². The van der Waals surface area contributed by atoms with Crippen LogP contribution >= 0.6 is 0 Å². The first-order valence-electron chi connectivity index (χ1n) is 6.88. The van der Waals surface area contributed by atoms with E-state index >= 15 is 0 Å². The lowest BCUT2D eigenvalue weighted by molar-refractivity contribution is 0.385. The number of hydrogen-bond acceptors (Lipinski definition) is 4. The van der Waals surface area contributed by atoms with Gasteiger partial charge < -0.3 is 4.90 Å². The van der Waals surface area contributed by atoms with Crippen LogP contribution in [0.25, 0.3) is 0 Å². The zero-order chi connectivity index (χ0) is 14.9. The summed E-state index contributed by atoms with van der Waals surface area (Å²) >= 11 is 0. The molecule has 1 aliphatic rings. The van der Waals surface area contributed by atoms with Gasteiger partial charge in [-0.25, -0.2) is 8.42 Å². The quantitative estimate of drug-likeness (QED) is 0.926. The topological polar surface area (TPSA) is 69.3 Å². The fourth-order valence-corrected chi connectivity index (χ4v) is 3.87. The molecule has 0 atom stereocenters. The van der Waals surface area contributed by atoms with Crippen LogP contribution in [0.4, 0.5) is 5.69 Å². The SMILES string of the molecule is Cc1cccc(N2CCN(S(=O)(=O)c3cn[nH]c3)CC2)c1. The molecule has 1 aliphatic heterocycles. The molecule has 0 bridgehead atoms. The highest BCUT2D eigenvalue weighted by Crippen LogP contribution is 2.21. The number of hydrogen-bond donors (Lipinski definition) is 1. The lowest BCUT2D eigenvalue weighted by Gasteiger charge is -2.35. The zero-order valence-corrected chi connectivity index (χ0v) is 12.7. The number of sulfonamides is 1. The van der Waals surface area contributed by atoms with Crippen LogP contribution in [0.15, 0.2) is 41.6 Å². The van der Waals surface area contributed by atoms with Crippen molar-refractivity contribution in [1.29, 1.82) is 0 Å². The van der Waals surface area contributed by atoms with Gasteiger partial charge in [-0.2, -0.15) is 9.40 Å². The summed E-state index contributed by atoms with van der Waals surface area (Å²) in [4.78, 5) is 2.44. The molecule has 1 fully saturated rings. The summed E-state index contributed by atoms with van der Waals surface area (Å²) in [7, 11) is -3.42. The van der Waals surface area contributed by atoms with Gasteiger partial charge in [0.1, 0.15) is 4.90 Å². The van der Waals surface area contributed by atoms with Crippen molar-refractivity contribution in [2.75, 3.05) is 31.1 Å². The largest absolute Gasteiger partial charge is 0.369 e. The smallest absolute Gasteiger partial charge is 0.246 e. The average molecular weight is 306 g/mol.